The first kappa shape index (κ1) is 16.6. The van der Waals surface area contributed by atoms with Gasteiger partial charge in [0.15, 0.2) is 0 Å². The zero-order valence-electron chi connectivity index (χ0n) is 13.6. The topological polar surface area (TPSA) is 29.1 Å². The smallest absolute Gasteiger partial charge is 0.230 e. The number of benzene rings is 2. The molecular weight excluding hydrogens is 290 g/mol. The quantitative estimate of drug-likeness (QED) is 0.819. The average molecular weight is 313 g/mol. The van der Waals surface area contributed by atoms with Crippen LogP contribution in [0.25, 0.3) is 0 Å². The minimum Gasteiger partial charge on any atom is -0.349 e. The van der Waals surface area contributed by atoms with Crippen LogP contribution in [0.4, 0.5) is 0 Å². The van der Waals surface area contributed by atoms with Crippen molar-refractivity contribution in [1.82, 2.24) is 5.32 Å². The van der Waals surface area contributed by atoms with Crippen molar-refractivity contribution < 1.29 is 4.79 Å². The molecule has 116 valence electrons. The van der Waals surface area contributed by atoms with Gasteiger partial charge in [0.05, 0.1) is 11.8 Å². The molecule has 0 aliphatic heterocycles. The molecule has 0 saturated carbocycles. The predicted molar refractivity (Wildman–Crippen MR) is 94.4 cm³/mol. The molecule has 22 heavy (non-hydrogen) atoms. The first-order valence-corrected chi connectivity index (χ1v) is 8.51. The molecule has 0 bridgehead atoms. The van der Waals surface area contributed by atoms with Gasteiger partial charge in [-0.1, -0.05) is 48.0 Å². The van der Waals surface area contributed by atoms with Crippen LogP contribution >= 0.6 is 11.8 Å². The Morgan fingerprint density at radius 1 is 1.09 bits per heavy atom. The molecule has 0 aromatic heterocycles. The number of amides is 1. The monoisotopic (exact) mass is 313 g/mol. The number of hydrogen-bond donors (Lipinski definition) is 1. The van der Waals surface area contributed by atoms with Crippen LogP contribution in [0, 0.1) is 20.8 Å². The highest BCUT2D eigenvalue weighted by Crippen LogP contribution is 2.27. The second-order valence-corrected chi connectivity index (χ2v) is 6.70. The van der Waals surface area contributed by atoms with Crippen molar-refractivity contribution in [2.45, 2.75) is 38.6 Å². The summed E-state index contributed by atoms with van der Waals surface area (Å²) in [4.78, 5) is 13.4. The van der Waals surface area contributed by atoms with Gasteiger partial charge in [0.1, 0.15) is 0 Å². The van der Waals surface area contributed by atoms with E-state index in [1.807, 2.05) is 37.3 Å². The van der Waals surface area contributed by atoms with E-state index in [0.29, 0.717) is 5.75 Å². The van der Waals surface area contributed by atoms with Gasteiger partial charge < -0.3 is 5.32 Å². The van der Waals surface area contributed by atoms with Crippen LogP contribution in [0.2, 0.25) is 0 Å². The third kappa shape index (κ3) is 4.38. The van der Waals surface area contributed by atoms with Crippen molar-refractivity contribution in [2.24, 2.45) is 0 Å². The summed E-state index contributed by atoms with van der Waals surface area (Å²) in [5.74, 6) is 0.516. The minimum absolute atomic E-state index is 0.0366. The van der Waals surface area contributed by atoms with E-state index < -0.39 is 0 Å². The molecule has 0 spiro atoms. The van der Waals surface area contributed by atoms with Crippen LogP contribution in [0.15, 0.2) is 47.4 Å². The van der Waals surface area contributed by atoms with E-state index in [9.17, 15) is 4.79 Å². The molecule has 2 rings (SSSR count). The third-order valence-electron chi connectivity index (χ3n) is 3.63. The summed E-state index contributed by atoms with van der Waals surface area (Å²) in [6, 6.07) is 14.4. The molecule has 1 atom stereocenters. The van der Waals surface area contributed by atoms with Crippen molar-refractivity contribution in [1.29, 1.82) is 0 Å². The summed E-state index contributed by atoms with van der Waals surface area (Å²) in [5.41, 5.74) is 4.88. The van der Waals surface area contributed by atoms with Crippen LogP contribution < -0.4 is 5.32 Å². The average Bonchev–Trinajstić information content (AvgIpc) is 2.47. The Labute approximate surface area is 137 Å². The van der Waals surface area contributed by atoms with Gasteiger partial charge in [0.2, 0.25) is 5.91 Å². The molecule has 3 heteroatoms. The molecular formula is C19H23NOS. The number of nitrogens with one attached hydrogen (secondary N) is 1. The van der Waals surface area contributed by atoms with Crippen molar-refractivity contribution in [3.63, 3.8) is 0 Å². The van der Waals surface area contributed by atoms with Gasteiger partial charge in [-0.05, 0) is 44.4 Å². The summed E-state index contributed by atoms with van der Waals surface area (Å²) in [5, 5.41) is 3.06. The second-order valence-electron chi connectivity index (χ2n) is 5.72. The minimum atomic E-state index is 0.0366. The molecule has 0 aliphatic rings. The largest absolute Gasteiger partial charge is 0.349 e. The van der Waals surface area contributed by atoms with E-state index in [1.165, 1.54) is 21.6 Å². The molecule has 0 unspecified atom stereocenters. The van der Waals surface area contributed by atoms with E-state index in [-0.39, 0.29) is 11.9 Å². The Kier molecular flexibility index (Phi) is 5.67. The van der Waals surface area contributed by atoms with Crippen LogP contribution in [0.3, 0.4) is 0 Å². The standard InChI is InChI=1S/C19H23NOS/c1-13-10-14(2)19(15(3)11-13)22-12-18(21)20-16(4)17-8-6-5-7-9-17/h5-11,16H,12H2,1-4H3,(H,20,21)/t16-/m0/s1. The summed E-state index contributed by atoms with van der Waals surface area (Å²) < 4.78 is 0. The highest BCUT2D eigenvalue weighted by molar-refractivity contribution is 8.00. The van der Waals surface area contributed by atoms with Crippen molar-refractivity contribution in [2.75, 3.05) is 5.75 Å². The fourth-order valence-electron chi connectivity index (χ4n) is 2.64. The normalized spacial score (nSPS) is 12.0. The predicted octanol–water partition coefficient (Wildman–Crippen LogP) is 4.58. The Balaban J connectivity index is 1.94. The molecule has 0 heterocycles. The van der Waals surface area contributed by atoms with Gasteiger partial charge in [-0.15, -0.1) is 11.8 Å². The maximum atomic E-state index is 12.2. The lowest BCUT2D eigenvalue weighted by molar-refractivity contribution is -0.119. The maximum absolute atomic E-state index is 12.2. The van der Waals surface area contributed by atoms with Gasteiger partial charge in [-0.25, -0.2) is 0 Å². The zero-order valence-corrected chi connectivity index (χ0v) is 14.5. The van der Waals surface area contributed by atoms with Gasteiger partial charge in [0.25, 0.3) is 0 Å². The molecule has 0 aliphatic carbocycles. The first-order valence-electron chi connectivity index (χ1n) is 7.52. The molecule has 2 aromatic rings. The van der Waals surface area contributed by atoms with Gasteiger partial charge in [-0.3, -0.25) is 4.79 Å². The van der Waals surface area contributed by atoms with Crippen molar-refractivity contribution in [3.05, 3.63) is 64.7 Å². The number of carbonyl (C=O) groups excluding carboxylic acids is 1. The zero-order chi connectivity index (χ0) is 16.1. The maximum Gasteiger partial charge on any atom is 0.230 e. The van der Waals surface area contributed by atoms with Gasteiger partial charge in [0, 0.05) is 4.90 Å². The number of thioether (sulfide) groups is 1. The molecule has 0 fully saturated rings. The Hall–Kier alpha value is -1.74. The Morgan fingerprint density at radius 3 is 2.27 bits per heavy atom. The number of aryl methyl sites for hydroxylation is 3. The van der Waals surface area contributed by atoms with Crippen LogP contribution in [0.5, 0.6) is 0 Å². The SMILES string of the molecule is Cc1cc(C)c(SCC(=O)N[C@@H](C)c2ccccc2)c(C)c1. The van der Waals surface area contributed by atoms with E-state index >= 15 is 0 Å². The van der Waals surface area contributed by atoms with Crippen molar-refractivity contribution >= 4 is 17.7 Å². The lowest BCUT2D eigenvalue weighted by Crippen LogP contribution is -2.28. The van der Waals surface area contributed by atoms with E-state index in [0.717, 1.165) is 5.56 Å². The van der Waals surface area contributed by atoms with Gasteiger partial charge >= 0.3 is 0 Å². The van der Waals surface area contributed by atoms with Crippen LogP contribution in [0.1, 0.15) is 35.2 Å². The van der Waals surface area contributed by atoms with E-state index in [2.05, 4.69) is 38.2 Å². The molecule has 1 amide bonds. The van der Waals surface area contributed by atoms with Crippen LogP contribution in [-0.2, 0) is 4.79 Å². The Morgan fingerprint density at radius 2 is 1.68 bits per heavy atom. The molecule has 1 N–H and O–H groups in total. The summed E-state index contributed by atoms with van der Waals surface area (Å²) >= 11 is 1.62. The lowest BCUT2D eigenvalue weighted by atomic mass is 10.1. The Bertz CT molecular complexity index is 629. The molecule has 2 aromatic carbocycles. The highest BCUT2D eigenvalue weighted by Gasteiger charge is 2.11. The number of rotatable bonds is 5. The summed E-state index contributed by atoms with van der Waals surface area (Å²) in [7, 11) is 0. The fourth-order valence-corrected chi connectivity index (χ4v) is 3.57. The first-order chi connectivity index (χ1) is 10.5. The van der Waals surface area contributed by atoms with Crippen molar-refractivity contribution in [3.8, 4) is 0 Å². The second kappa shape index (κ2) is 7.50. The molecule has 0 saturated heterocycles. The number of carbonyl (C=O) groups is 1. The molecule has 0 radical (unpaired) electrons. The summed E-state index contributed by atoms with van der Waals surface area (Å²) in [6.45, 7) is 8.32. The lowest BCUT2D eigenvalue weighted by Gasteiger charge is -2.15. The summed E-state index contributed by atoms with van der Waals surface area (Å²) in [6.07, 6.45) is 0. The van der Waals surface area contributed by atoms with Gasteiger partial charge in [-0.2, -0.15) is 0 Å². The van der Waals surface area contributed by atoms with E-state index in [4.69, 9.17) is 0 Å². The fraction of sp³-hybridized carbons (Fsp3) is 0.316. The number of hydrogen-bond acceptors (Lipinski definition) is 2. The third-order valence-corrected chi connectivity index (χ3v) is 4.97. The van der Waals surface area contributed by atoms with Crippen LogP contribution in [-0.4, -0.2) is 11.7 Å². The van der Waals surface area contributed by atoms with E-state index in [1.54, 1.807) is 11.8 Å². The highest BCUT2D eigenvalue weighted by atomic mass is 32.2. The molecule has 2 nitrogen and oxygen atoms in total.